The molecule has 0 aromatic carbocycles. The second-order valence-electron chi connectivity index (χ2n) is 6.63. The van der Waals surface area contributed by atoms with Crippen LogP contribution >= 0.6 is 0 Å². The zero-order valence-electron chi connectivity index (χ0n) is 13.8. The van der Waals surface area contributed by atoms with E-state index in [4.69, 9.17) is 4.74 Å². The van der Waals surface area contributed by atoms with E-state index < -0.39 is 0 Å². The van der Waals surface area contributed by atoms with Gasteiger partial charge in [0.05, 0.1) is 19.6 Å². The Morgan fingerprint density at radius 2 is 2.09 bits per heavy atom. The number of morpholine rings is 1. The van der Waals surface area contributed by atoms with Crippen molar-refractivity contribution in [2.24, 2.45) is 5.92 Å². The van der Waals surface area contributed by atoms with E-state index in [1.807, 2.05) is 17.0 Å². The second-order valence-corrected chi connectivity index (χ2v) is 6.63. The molecule has 23 heavy (non-hydrogen) atoms. The van der Waals surface area contributed by atoms with Crippen molar-refractivity contribution < 1.29 is 9.53 Å². The van der Waals surface area contributed by atoms with Gasteiger partial charge in [-0.15, -0.1) is 0 Å². The summed E-state index contributed by atoms with van der Waals surface area (Å²) in [6, 6.07) is 3.87. The monoisotopic (exact) mass is 317 g/mol. The number of carbonyl (C=O) groups excluding carboxylic acids is 1. The molecule has 0 radical (unpaired) electrons. The van der Waals surface area contributed by atoms with Gasteiger partial charge < -0.3 is 9.64 Å². The number of amides is 1. The molecule has 126 valence electrons. The predicted octanol–water partition coefficient (Wildman–Crippen LogP) is 1.58. The largest absolute Gasteiger partial charge is 0.379 e. The fraction of sp³-hybridized carbons (Fsp3) is 0.667. The van der Waals surface area contributed by atoms with Crippen LogP contribution in [0.2, 0.25) is 0 Å². The molecule has 1 aromatic rings. The Morgan fingerprint density at radius 1 is 1.22 bits per heavy atom. The summed E-state index contributed by atoms with van der Waals surface area (Å²) in [5, 5.41) is 0. The van der Waals surface area contributed by atoms with Crippen LogP contribution < -0.4 is 0 Å². The molecule has 3 rings (SSSR count). The van der Waals surface area contributed by atoms with Crippen molar-refractivity contribution in [3.8, 4) is 0 Å². The average Bonchev–Trinajstić information content (AvgIpc) is 2.82. The van der Waals surface area contributed by atoms with Gasteiger partial charge in [-0.25, -0.2) is 0 Å². The van der Waals surface area contributed by atoms with E-state index in [1.54, 1.807) is 12.4 Å². The predicted molar refractivity (Wildman–Crippen MR) is 89.1 cm³/mol. The molecule has 1 aromatic heterocycles. The normalized spacial score (nSPS) is 23.5. The third-order valence-corrected chi connectivity index (χ3v) is 4.90. The van der Waals surface area contributed by atoms with Crippen LogP contribution in [0, 0.1) is 5.92 Å². The molecule has 1 atom stereocenters. The Kier molecular flexibility index (Phi) is 6.00. The maximum atomic E-state index is 12.5. The van der Waals surface area contributed by atoms with Crippen LogP contribution in [-0.4, -0.2) is 66.6 Å². The molecule has 5 heteroatoms. The Bertz CT molecular complexity index is 488. The van der Waals surface area contributed by atoms with Crippen molar-refractivity contribution in [1.29, 1.82) is 0 Å². The summed E-state index contributed by atoms with van der Waals surface area (Å²) in [7, 11) is 0. The molecule has 1 amide bonds. The summed E-state index contributed by atoms with van der Waals surface area (Å²) in [5.41, 5.74) is 1.01. The molecule has 0 spiro atoms. The van der Waals surface area contributed by atoms with Crippen molar-refractivity contribution in [2.75, 3.05) is 45.9 Å². The Balaban J connectivity index is 1.46. The first-order valence-electron chi connectivity index (χ1n) is 8.78. The highest BCUT2D eigenvalue weighted by Gasteiger charge is 2.23. The van der Waals surface area contributed by atoms with Gasteiger partial charge in [0.25, 0.3) is 0 Å². The highest BCUT2D eigenvalue weighted by atomic mass is 16.5. The van der Waals surface area contributed by atoms with Crippen molar-refractivity contribution in [1.82, 2.24) is 14.8 Å². The number of likely N-dealkylation sites (tertiary alicyclic amines) is 1. The van der Waals surface area contributed by atoms with Gasteiger partial charge in [-0.05, 0) is 36.8 Å². The van der Waals surface area contributed by atoms with Gasteiger partial charge >= 0.3 is 0 Å². The lowest BCUT2D eigenvalue weighted by atomic mass is 10.00. The number of rotatable bonds is 4. The van der Waals surface area contributed by atoms with Crippen molar-refractivity contribution in [3.05, 3.63) is 30.1 Å². The summed E-state index contributed by atoms with van der Waals surface area (Å²) in [4.78, 5) is 21.1. The fourth-order valence-electron chi connectivity index (χ4n) is 3.54. The first kappa shape index (κ1) is 16.4. The van der Waals surface area contributed by atoms with E-state index in [2.05, 4.69) is 9.88 Å². The van der Waals surface area contributed by atoms with Crippen LogP contribution in [0.25, 0.3) is 0 Å². The summed E-state index contributed by atoms with van der Waals surface area (Å²) < 4.78 is 5.42. The number of nitrogens with zero attached hydrogens (tertiary/aromatic N) is 3. The maximum absolute atomic E-state index is 12.5. The molecule has 0 saturated carbocycles. The van der Waals surface area contributed by atoms with Crippen LogP contribution in [0.3, 0.4) is 0 Å². The van der Waals surface area contributed by atoms with Crippen molar-refractivity contribution in [2.45, 2.75) is 25.7 Å². The number of hydrogen-bond acceptors (Lipinski definition) is 4. The lowest BCUT2D eigenvalue weighted by molar-refractivity contribution is -0.130. The van der Waals surface area contributed by atoms with Gasteiger partial charge in [-0.1, -0.05) is 6.07 Å². The van der Waals surface area contributed by atoms with Gasteiger partial charge in [0, 0.05) is 45.1 Å². The summed E-state index contributed by atoms with van der Waals surface area (Å²) in [6.07, 6.45) is 7.48. The van der Waals surface area contributed by atoms with Gasteiger partial charge in [-0.2, -0.15) is 0 Å². The van der Waals surface area contributed by atoms with E-state index in [1.165, 1.54) is 6.42 Å². The third-order valence-electron chi connectivity index (χ3n) is 4.90. The van der Waals surface area contributed by atoms with E-state index in [0.29, 0.717) is 12.3 Å². The topological polar surface area (TPSA) is 45.7 Å². The molecule has 2 saturated heterocycles. The minimum Gasteiger partial charge on any atom is -0.379 e. The van der Waals surface area contributed by atoms with Crippen LogP contribution in [0.5, 0.6) is 0 Å². The quantitative estimate of drug-likeness (QED) is 0.846. The Labute approximate surface area is 138 Å². The molecule has 0 bridgehead atoms. The third kappa shape index (κ3) is 5.01. The molecular weight excluding hydrogens is 290 g/mol. The molecule has 0 aliphatic carbocycles. The minimum atomic E-state index is 0.241. The van der Waals surface area contributed by atoms with Crippen LogP contribution in [0.15, 0.2) is 24.5 Å². The molecule has 2 fully saturated rings. The van der Waals surface area contributed by atoms with Gasteiger partial charge in [0.15, 0.2) is 0 Å². The van der Waals surface area contributed by atoms with Crippen LogP contribution in [0.1, 0.15) is 24.8 Å². The van der Waals surface area contributed by atoms with Crippen LogP contribution in [-0.2, 0) is 16.0 Å². The Hall–Kier alpha value is -1.46. The standard InChI is InChI=1S/C18H27N3O2/c22-18(13-17-3-1-6-19-14-17)21-7-2-4-16(5-8-21)15-20-9-11-23-12-10-20/h1,3,6,14,16H,2,4-5,7-13,15H2. The number of carbonyl (C=O) groups is 1. The molecular formula is C18H27N3O2. The van der Waals surface area contributed by atoms with Gasteiger partial charge in [-0.3, -0.25) is 14.7 Å². The smallest absolute Gasteiger partial charge is 0.227 e. The van der Waals surface area contributed by atoms with Crippen LogP contribution in [0.4, 0.5) is 0 Å². The second kappa shape index (κ2) is 8.41. The number of hydrogen-bond donors (Lipinski definition) is 0. The summed E-state index contributed by atoms with van der Waals surface area (Å²) in [6.45, 7) is 6.80. The number of pyridine rings is 1. The average molecular weight is 317 g/mol. The van der Waals surface area contributed by atoms with Crippen molar-refractivity contribution in [3.63, 3.8) is 0 Å². The van der Waals surface area contributed by atoms with E-state index in [9.17, 15) is 4.79 Å². The SMILES string of the molecule is O=C(Cc1cccnc1)N1CCCC(CN2CCOCC2)CC1. The zero-order valence-corrected chi connectivity index (χ0v) is 13.8. The summed E-state index contributed by atoms with van der Waals surface area (Å²) >= 11 is 0. The minimum absolute atomic E-state index is 0.241. The zero-order chi connectivity index (χ0) is 15.9. The number of aromatic nitrogens is 1. The molecule has 3 heterocycles. The molecule has 1 unspecified atom stereocenters. The first-order valence-corrected chi connectivity index (χ1v) is 8.78. The molecule has 2 aliphatic heterocycles. The van der Waals surface area contributed by atoms with Gasteiger partial charge in [0.2, 0.25) is 5.91 Å². The summed E-state index contributed by atoms with van der Waals surface area (Å²) in [5.74, 6) is 0.953. The highest BCUT2D eigenvalue weighted by Crippen LogP contribution is 2.20. The molecule has 0 N–H and O–H groups in total. The van der Waals surface area contributed by atoms with E-state index >= 15 is 0 Å². The molecule has 5 nitrogen and oxygen atoms in total. The maximum Gasteiger partial charge on any atom is 0.227 e. The van der Waals surface area contributed by atoms with Gasteiger partial charge in [0.1, 0.15) is 0 Å². The lowest BCUT2D eigenvalue weighted by Crippen LogP contribution is -2.39. The van der Waals surface area contributed by atoms with Crippen molar-refractivity contribution >= 4 is 5.91 Å². The lowest BCUT2D eigenvalue weighted by Gasteiger charge is -2.30. The number of ether oxygens (including phenoxy) is 1. The molecule has 2 aliphatic rings. The first-order chi connectivity index (χ1) is 11.3. The van der Waals surface area contributed by atoms with E-state index in [-0.39, 0.29) is 5.91 Å². The van der Waals surface area contributed by atoms with E-state index in [0.717, 1.165) is 64.3 Å². The fourth-order valence-corrected chi connectivity index (χ4v) is 3.54. The Morgan fingerprint density at radius 3 is 2.87 bits per heavy atom. The highest BCUT2D eigenvalue weighted by molar-refractivity contribution is 5.78.